The van der Waals surface area contributed by atoms with E-state index < -0.39 is 35.4 Å². The Morgan fingerprint density at radius 2 is 2.03 bits per heavy atom. The number of para-hydroxylation sites is 2. The van der Waals surface area contributed by atoms with Gasteiger partial charge in [-0.3, -0.25) is 19.7 Å². The first-order chi connectivity index (χ1) is 14.3. The Morgan fingerprint density at radius 1 is 1.30 bits per heavy atom. The topological polar surface area (TPSA) is 128 Å². The number of likely N-dealkylation sites (N-methyl/N-ethyl adjacent to an activating group) is 1. The summed E-state index contributed by atoms with van der Waals surface area (Å²) in [6.45, 7) is -0.688. The van der Waals surface area contributed by atoms with Crippen LogP contribution in [-0.2, 0) is 14.3 Å². The molecular formula is C19H16ClN3O7. The normalized spacial score (nSPS) is 14.9. The van der Waals surface area contributed by atoms with Crippen LogP contribution in [0.3, 0.4) is 0 Å². The molecule has 0 aromatic heterocycles. The zero-order valence-corrected chi connectivity index (χ0v) is 16.4. The number of esters is 1. The molecule has 0 aliphatic carbocycles. The molecule has 3 rings (SSSR count). The van der Waals surface area contributed by atoms with E-state index in [0.29, 0.717) is 11.4 Å². The van der Waals surface area contributed by atoms with Gasteiger partial charge in [0.25, 0.3) is 17.5 Å². The standard InChI is InChI=1S/C19H16ClN3O7/c1-21-18(25)16-9-22(14-4-2-3-5-15(14)30-16)17(24)10-29-19(26)12-7-6-11(23(27)28)8-13(12)20/h2-8,16H,9-10H2,1H3,(H,21,25). The number of fused-ring (bicyclic) bond motifs is 1. The van der Waals surface area contributed by atoms with Crippen molar-refractivity contribution >= 4 is 40.8 Å². The second kappa shape index (κ2) is 8.78. The summed E-state index contributed by atoms with van der Waals surface area (Å²) in [6, 6.07) is 9.94. The summed E-state index contributed by atoms with van der Waals surface area (Å²) in [4.78, 5) is 48.4. The molecule has 0 saturated heterocycles. The van der Waals surface area contributed by atoms with Crippen LogP contribution in [0.25, 0.3) is 0 Å². The van der Waals surface area contributed by atoms with Gasteiger partial charge in [-0.2, -0.15) is 0 Å². The van der Waals surface area contributed by atoms with Crippen LogP contribution in [0, 0.1) is 10.1 Å². The number of nitrogens with zero attached hydrogens (tertiary/aromatic N) is 2. The molecule has 1 aliphatic rings. The average molecular weight is 434 g/mol. The van der Waals surface area contributed by atoms with Gasteiger partial charge in [-0.25, -0.2) is 4.79 Å². The Bertz CT molecular complexity index is 1030. The molecule has 0 saturated carbocycles. The number of carbonyl (C=O) groups excluding carboxylic acids is 3. The fourth-order valence-corrected chi connectivity index (χ4v) is 3.09. The molecule has 0 bridgehead atoms. The number of rotatable bonds is 5. The van der Waals surface area contributed by atoms with Gasteiger partial charge in [0.2, 0.25) is 0 Å². The Morgan fingerprint density at radius 3 is 2.70 bits per heavy atom. The van der Waals surface area contributed by atoms with Gasteiger partial charge in [-0.1, -0.05) is 23.7 Å². The molecule has 2 aromatic rings. The molecular weight excluding hydrogens is 418 g/mol. The summed E-state index contributed by atoms with van der Waals surface area (Å²) in [5, 5.41) is 13.1. The number of nitro benzene ring substituents is 1. The third kappa shape index (κ3) is 4.33. The lowest BCUT2D eigenvalue weighted by molar-refractivity contribution is -0.384. The number of carbonyl (C=O) groups is 3. The molecule has 2 aromatic carbocycles. The van der Waals surface area contributed by atoms with Crippen molar-refractivity contribution in [1.82, 2.24) is 5.32 Å². The molecule has 0 spiro atoms. The van der Waals surface area contributed by atoms with E-state index >= 15 is 0 Å². The maximum Gasteiger partial charge on any atom is 0.340 e. The van der Waals surface area contributed by atoms with Gasteiger partial charge in [0.05, 0.1) is 27.7 Å². The zero-order chi connectivity index (χ0) is 21.8. The largest absolute Gasteiger partial charge is 0.477 e. The fourth-order valence-electron chi connectivity index (χ4n) is 2.83. The highest BCUT2D eigenvalue weighted by atomic mass is 35.5. The van der Waals surface area contributed by atoms with E-state index in [0.717, 1.165) is 18.2 Å². The minimum atomic E-state index is -0.923. The summed E-state index contributed by atoms with van der Waals surface area (Å²) in [7, 11) is 1.45. The summed E-state index contributed by atoms with van der Waals surface area (Å²) < 4.78 is 10.7. The second-order valence-electron chi connectivity index (χ2n) is 6.19. The van der Waals surface area contributed by atoms with E-state index in [4.69, 9.17) is 21.1 Å². The lowest BCUT2D eigenvalue weighted by atomic mass is 10.1. The Hall–Kier alpha value is -3.66. The van der Waals surface area contributed by atoms with Crippen LogP contribution in [0.5, 0.6) is 5.75 Å². The number of halogens is 1. The van der Waals surface area contributed by atoms with Crippen molar-refractivity contribution in [1.29, 1.82) is 0 Å². The number of anilines is 1. The SMILES string of the molecule is CNC(=O)C1CN(C(=O)COC(=O)c2ccc([N+](=O)[O-])cc2Cl)c2ccccc2O1. The Kier molecular flexibility index (Phi) is 6.17. The molecule has 10 nitrogen and oxygen atoms in total. The summed E-state index contributed by atoms with van der Waals surface area (Å²) >= 11 is 5.91. The van der Waals surface area contributed by atoms with E-state index in [2.05, 4.69) is 5.32 Å². The lowest BCUT2D eigenvalue weighted by Crippen LogP contribution is -2.51. The van der Waals surface area contributed by atoms with E-state index in [-0.39, 0.29) is 22.8 Å². The average Bonchev–Trinajstić information content (AvgIpc) is 2.75. The predicted octanol–water partition coefficient (Wildman–Crippen LogP) is 1.95. The Balaban J connectivity index is 1.73. The van der Waals surface area contributed by atoms with Crippen molar-refractivity contribution in [2.75, 3.05) is 25.1 Å². The first-order valence-electron chi connectivity index (χ1n) is 8.70. The molecule has 156 valence electrons. The van der Waals surface area contributed by atoms with Crippen molar-refractivity contribution < 1.29 is 28.8 Å². The highest BCUT2D eigenvalue weighted by Crippen LogP contribution is 2.33. The third-order valence-corrected chi connectivity index (χ3v) is 4.64. The molecule has 1 N–H and O–H groups in total. The smallest absolute Gasteiger partial charge is 0.340 e. The number of nitro groups is 1. The van der Waals surface area contributed by atoms with Crippen LogP contribution in [0.2, 0.25) is 5.02 Å². The van der Waals surface area contributed by atoms with Gasteiger partial charge in [0.15, 0.2) is 12.7 Å². The van der Waals surface area contributed by atoms with Gasteiger partial charge >= 0.3 is 5.97 Å². The van der Waals surface area contributed by atoms with Gasteiger partial charge < -0.3 is 19.7 Å². The fraction of sp³-hybridized carbons (Fsp3) is 0.211. The molecule has 0 radical (unpaired) electrons. The number of amides is 2. The second-order valence-corrected chi connectivity index (χ2v) is 6.60. The number of benzene rings is 2. The highest BCUT2D eigenvalue weighted by Gasteiger charge is 2.33. The molecule has 1 aliphatic heterocycles. The predicted molar refractivity (Wildman–Crippen MR) is 106 cm³/mol. The molecule has 2 amide bonds. The number of hydrogen-bond acceptors (Lipinski definition) is 7. The highest BCUT2D eigenvalue weighted by molar-refractivity contribution is 6.33. The van der Waals surface area contributed by atoms with Crippen molar-refractivity contribution in [2.24, 2.45) is 0 Å². The minimum absolute atomic E-state index is 0.0641. The molecule has 30 heavy (non-hydrogen) atoms. The van der Waals surface area contributed by atoms with E-state index in [9.17, 15) is 24.5 Å². The molecule has 1 unspecified atom stereocenters. The van der Waals surface area contributed by atoms with Crippen LogP contribution >= 0.6 is 11.6 Å². The van der Waals surface area contributed by atoms with Crippen LogP contribution in [0.4, 0.5) is 11.4 Å². The van der Waals surface area contributed by atoms with Crippen molar-refractivity contribution in [3.8, 4) is 5.75 Å². The quantitative estimate of drug-likeness (QED) is 0.433. The summed E-state index contributed by atoms with van der Waals surface area (Å²) in [5.74, 6) is -1.55. The first-order valence-corrected chi connectivity index (χ1v) is 9.08. The summed E-state index contributed by atoms with van der Waals surface area (Å²) in [5.41, 5.74) is 0.0468. The molecule has 11 heteroatoms. The van der Waals surface area contributed by atoms with Crippen molar-refractivity contribution in [2.45, 2.75) is 6.10 Å². The van der Waals surface area contributed by atoms with E-state index in [1.165, 1.54) is 11.9 Å². The minimum Gasteiger partial charge on any atom is -0.477 e. The van der Waals surface area contributed by atoms with E-state index in [1.54, 1.807) is 24.3 Å². The van der Waals surface area contributed by atoms with Crippen molar-refractivity contribution in [3.05, 3.63) is 63.2 Å². The molecule has 1 atom stereocenters. The van der Waals surface area contributed by atoms with Gasteiger partial charge in [-0.15, -0.1) is 0 Å². The lowest BCUT2D eigenvalue weighted by Gasteiger charge is -2.33. The number of nitrogens with one attached hydrogen (secondary N) is 1. The van der Waals surface area contributed by atoms with Crippen LogP contribution < -0.4 is 15.0 Å². The first kappa shape index (κ1) is 21.1. The maximum atomic E-state index is 12.7. The Labute approximate surface area is 175 Å². The van der Waals surface area contributed by atoms with Gasteiger partial charge in [0, 0.05) is 19.2 Å². The van der Waals surface area contributed by atoms with Crippen molar-refractivity contribution in [3.63, 3.8) is 0 Å². The molecule has 0 fully saturated rings. The zero-order valence-electron chi connectivity index (χ0n) is 15.7. The third-order valence-electron chi connectivity index (χ3n) is 4.32. The van der Waals surface area contributed by atoms with E-state index in [1.807, 2.05) is 0 Å². The molecule has 1 heterocycles. The van der Waals surface area contributed by atoms with Crippen LogP contribution in [-0.4, -0.2) is 49.0 Å². The number of ether oxygens (including phenoxy) is 2. The maximum absolute atomic E-state index is 12.7. The van der Waals surface area contributed by atoms with Crippen LogP contribution in [0.15, 0.2) is 42.5 Å². The van der Waals surface area contributed by atoms with Gasteiger partial charge in [-0.05, 0) is 18.2 Å². The van der Waals surface area contributed by atoms with Gasteiger partial charge in [0.1, 0.15) is 5.75 Å². The van der Waals surface area contributed by atoms with Crippen LogP contribution in [0.1, 0.15) is 10.4 Å². The summed E-state index contributed by atoms with van der Waals surface area (Å²) in [6.07, 6.45) is -0.923. The number of hydrogen-bond donors (Lipinski definition) is 1. The monoisotopic (exact) mass is 433 g/mol. The number of non-ortho nitro benzene ring substituents is 1.